The maximum Gasteiger partial charge on any atom is 0.244 e. The minimum absolute atomic E-state index is 0.0784. The Kier molecular flexibility index (Phi) is 7.08. The Morgan fingerprint density at radius 2 is 1.72 bits per heavy atom. The lowest BCUT2D eigenvalue weighted by Gasteiger charge is -2.31. The van der Waals surface area contributed by atoms with Crippen LogP contribution in [0.25, 0.3) is 0 Å². The molecule has 142 valence electrons. The number of aliphatic imine (C=N–C) groups is 1. The fraction of sp³-hybridized carbons (Fsp3) is 0.833. The molecule has 1 saturated carbocycles. The summed E-state index contributed by atoms with van der Waals surface area (Å²) in [4.78, 5) is 32.8. The molecule has 0 spiro atoms. The first-order valence-corrected chi connectivity index (χ1v) is 9.50. The Morgan fingerprint density at radius 3 is 2.28 bits per heavy atom. The number of hydrogen-bond donors (Lipinski definition) is 2. The first kappa shape index (κ1) is 19.5. The summed E-state index contributed by atoms with van der Waals surface area (Å²) in [6.45, 7) is 5.13. The number of amides is 2. The van der Waals surface area contributed by atoms with Crippen LogP contribution in [0.15, 0.2) is 4.99 Å². The SMILES string of the molecule is CCNC(=NCC(=O)N1CCCC1)NCC1(C(=O)N(C)C)CCCC1. The molecular weight excluding hydrogens is 318 g/mol. The molecule has 2 fully saturated rings. The molecule has 1 aliphatic heterocycles. The van der Waals surface area contributed by atoms with E-state index in [1.165, 1.54) is 0 Å². The van der Waals surface area contributed by atoms with Crippen LogP contribution in [0.4, 0.5) is 0 Å². The van der Waals surface area contributed by atoms with Crippen LogP contribution in [-0.2, 0) is 9.59 Å². The van der Waals surface area contributed by atoms with Crippen molar-refractivity contribution in [2.45, 2.75) is 45.4 Å². The molecule has 7 nitrogen and oxygen atoms in total. The van der Waals surface area contributed by atoms with Gasteiger partial charge in [0.15, 0.2) is 5.96 Å². The van der Waals surface area contributed by atoms with Gasteiger partial charge in [-0.2, -0.15) is 0 Å². The Bertz CT molecular complexity index is 492. The third-order valence-corrected chi connectivity index (χ3v) is 5.19. The van der Waals surface area contributed by atoms with Crippen molar-refractivity contribution < 1.29 is 9.59 Å². The van der Waals surface area contributed by atoms with Crippen LogP contribution in [0.1, 0.15) is 45.4 Å². The van der Waals surface area contributed by atoms with Gasteiger partial charge in [-0.1, -0.05) is 12.8 Å². The summed E-state index contributed by atoms with van der Waals surface area (Å²) in [5.74, 6) is 0.879. The highest BCUT2D eigenvalue weighted by Crippen LogP contribution is 2.38. The number of nitrogens with one attached hydrogen (secondary N) is 2. The highest BCUT2D eigenvalue weighted by Gasteiger charge is 2.42. The summed E-state index contributed by atoms with van der Waals surface area (Å²) < 4.78 is 0. The molecule has 1 aliphatic carbocycles. The Hall–Kier alpha value is -1.79. The topological polar surface area (TPSA) is 77.0 Å². The fourth-order valence-corrected chi connectivity index (χ4v) is 3.80. The van der Waals surface area contributed by atoms with Gasteiger partial charge in [0.2, 0.25) is 11.8 Å². The standard InChI is InChI=1S/C18H33N5O2/c1-4-19-17(20-13-15(24)23-11-7-8-12-23)21-14-18(9-5-6-10-18)16(25)22(2)3/h4-14H2,1-3H3,(H2,19,20,21). The summed E-state index contributed by atoms with van der Waals surface area (Å²) in [6.07, 6.45) is 6.16. The molecule has 0 aromatic carbocycles. The number of rotatable bonds is 6. The molecule has 2 N–H and O–H groups in total. The molecule has 0 unspecified atom stereocenters. The van der Waals surface area contributed by atoms with Crippen molar-refractivity contribution in [3.8, 4) is 0 Å². The van der Waals surface area contributed by atoms with E-state index in [-0.39, 0.29) is 23.8 Å². The molecule has 0 bridgehead atoms. The number of hydrogen-bond acceptors (Lipinski definition) is 3. The summed E-state index contributed by atoms with van der Waals surface area (Å²) in [5, 5.41) is 6.49. The van der Waals surface area contributed by atoms with Gasteiger partial charge >= 0.3 is 0 Å². The average molecular weight is 351 g/mol. The molecule has 1 saturated heterocycles. The summed E-state index contributed by atoms with van der Waals surface area (Å²) >= 11 is 0. The van der Waals surface area contributed by atoms with E-state index in [1.54, 1.807) is 4.90 Å². The molecule has 25 heavy (non-hydrogen) atoms. The van der Waals surface area contributed by atoms with Gasteiger partial charge in [-0.3, -0.25) is 9.59 Å². The molecule has 0 aromatic heterocycles. The van der Waals surface area contributed by atoms with Gasteiger partial charge in [-0.05, 0) is 32.6 Å². The van der Waals surface area contributed by atoms with E-state index in [0.717, 1.165) is 58.2 Å². The second-order valence-electron chi connectivity index (χ2n) is 7.32. The number of carbonyl (C=O) groups excluding carboxylic acids is 2. The lowest BCUT2D eigenvalue weighted by Crippen LogP contribution is -2.49. The number of carbonyl (C=O) groups is 2. The maximum absolute atomic E-state index is 12.6. The molecule has 1 heterocycles. The molecule has 7 heteroatoms. The molecule has 0 radical (unpaired) electrons. The molecular formula is C18H33N5O2. The van der Waals surface area contributed by atoms with Crippen molar-refractivity contribution in [3.05, 3.63) is 0 Å². The second kappa shape index (κ2) is 9.06. The molecule has 2 rings (SSSR count). The van der Waals surface area contributed by atoms with E-state index < -0.39 is 0 Å². The lowest BCUT2D eigenvalue weighted by molar-refractivity contribution is -0.138. The van der Waals surface area contributed by atoms with Gasteiger partial charge in [-0.15, -0.1) is 0 Å². The van der Waals surface area contributed by atoms with Crippen LogP contribution >= 0.6 is 0 Å². The Labute approximate surface area is 151 Å². The van der Waals surface area contributed by atoms with Gasteiger partial charge in [0.1, 0.15) is 6.54 Å². The number of nitrogens with zero attached hydrogens (tertiary/aromatic N) is 3. The lowest BCUT2D eigenvalue weighted by atomic mass is 9.84. The van der Waals surface area contributed by atoms with Crippen molar-refractivity contribution in [3.63, 3.8) is 0 Å². The van der Waals surface area contributed by atoms with E-state index in [1.807, 2.05) is 25.9 Å². The minimum atomic E-state index is -0.349. The van der Waals surface area contributed by atoms with Crippen LogP contribution in [0.2, 0.25) is 0 Å². The maximum atomic E-state index is 12.6. The van der Waals surface area contributed by atoms with Gasteiger partial charge in [0.25, 0.3) is 0 Å². The van der Waals surface area contributed by atoms with E-state index in [0.29, 0.717) is 12.5 Å². The van der Waals surface area contributed by atoms with Crippen LogP contribution in [0.3, 0.4) is 0 Å². The molecule has 0 atom stereocenters. The second-order valence-corrected chi connectivity index (χ2v) is 7.32. The first-order valence-electron chi connectivity index (χ1n) is 9.50. The predicted octanol–water partition coefficient (Wildman–Crippen LogP) is 0.813. The first-order chi connectivity index (χ1) is 12.0. The van der Waals surface area contributed by atoms with Crippen LogP contribution in [0, 0.1) is 5.41 Å². The zero-order valence-electron chi connectivity index (χ0n) is 15.9. The summed E-state index contributed by atoms with van der Waals surface area (Å²) in [6, 6.07) is 0. The van der Waals surface area contributed by atoms with Gasteiger partial charge in [-0.25, -0.2) is 4.99 Å². The number of guanidine groups is 1. The number of likely N-dealkylation sites (tertiary alicyclic amines) is 1. The average Bonchev–Trinajstić information content (AvgIpc) is 3.28. The monoisotopic (exact) mass is 351 g/mol. The third-order valence-electron chi connectivity index (χ3n) is 5.19. The van der Waals surface area contributed by atoms with E-state index in [2.05, 4.69) is 15.6 Å². The Morgan fingerprint density at radius 1 is 1.08 bits per heavy atom. The highest BCUT2D eigenvalue weighted by molar-refractivity contribution is 5.87. The quantitative estimate of drug-likeness (QED) is 0.548. The van der Waals surface area contributed by atoms with Crippen LogP contribution < -0.4 is 10.6 Å². The van der Waals surface area contributed by atoms with Gasteiger partial charge in [0, 0.05) is 40.3 Å². The largest absolute Gasteiger partial charge is 0.357 e. The normalized spacial score (nSPS) is 19.8. The van der Waals surface area contributed by atoms with Crippen LogP contribution in [-0.4, -0.2) is 74.4 Å². The van der Waals surface area contributed by atoms with Crippen molar-refractivity contribution in [1.82, 2.24) is 20.4 Å². The van der Waals surface area contributed by atoms with Crippen molar-refractivity contribution in [2.75, 3.05) is 46.8 Å². The zero-order valence-corrected chi connectivity index (χ0v) is 15.9. The smallest absolute Gasteiger partial charge is 0.244 e. The van der Waals surface area contributed by atoms with Crippen LogP contribution in [0.5, 0.6) is 0 Å². The van der Waals surface area contributed by atoms with Gasteiger partial charge in [0.05, 0.1) is 5.41 Å². The van der Waals surface area contributed by atoms with Crippen molar-refractivity contribution >= 4 is 17.8 Å². The zero-order chi connectivity index (χ0) is 18.3. The third kappa shape index (κ3) is 5.09. The summed E-state index contributed by atoms with van der Waals surface area (Å²) in [7, 11) is 3.63. The molecule has 2 amide bonds. The Balaban J connectivity index is 1.96. The van der Waals surface area contributed by atoms with Crippen molar-refractivity contribution in [2.24, 2.45) is 10.4 Å². The summed E-state index contributed by atoms with van der Waals surface area (Å²) in [5.41, 5.74) is -0.349. The van der Waals surface area contributed by atoms with E-state index in [4.69, 9.17) is 0 Å². The van der Waals surface area contributed by atoms with E-state index >= 15 is 0 Å². The molecule has 2 aliphatic rings. The minimum Gasteiger partial charge on any atom is -0.357 e. The van der Waals surface area contributed by atoms with Crippen molar-refractivity contribution in [1.29, 1.82) is 0 Å². The van der Waals surface area contributed by atoms with Gasteiger partial charge < -0.3 is 20.4 Å². The molecule has 0 aromatic rings. The highest BCUT2D eigenvalue weighted by atomic mass is 16.2. The fourth-order valence-electron chi connectivity index (χ4n) is 3.80. The van der Waals surface area contributed by atoms with E-state index in [9.17, 15) is 9.59 Å². The predicted molar refractivity (Wildman–Crippen MR) is 99.4 cm³/mol.